The van der Waals surface area contributed by atoms with Crippen molar-refractivity contribution in [2.24, 2.45) is 0 Å². The topological polar surface area (TPSA) is 77.0 Å². The first-order valence-electron chi connectivity index (χ1n) is 8.14. The largest absolute Gasteiger partial charge is 0.381 e. The van der Waals surface area contributed by atoms with Crippen LogP contribution in [0.3, 0.4) is 0 Å². The number of rotatable bonds is 4. The molecular formula is C17H15ClN4O2S2. The maximum absolute atomic E-state index is 12.2. The number of aromatic nitrogens is 3. The number of carbonyl (C=O) groups excluding carboxylic acids is 1. The fourth-order valence-electron chi connectivity index (χ4n) is 2.61. The van der Waals surface area contributed by atoms with E-state index in [0.717, 1.165) is 27.4 Å². The smallest absolute Gasteiger partial charge is 0.272 e. The van der Waals surface area contributed by atoms with Crippen molar-refractivity contribution in [2.45, 2.75) is 28.2 Å². The van der Waals surface area contributed by atoms with Gasteiger partial charge < -0.3 is 10.1 Å². The molecule has 0 spiro atoms. The highest BCUT2D eigenvalue weighted by Crippen LogP contribution is 2.34. The van der Waals surface area contributed by atoms with E-state index in [1.54, 1.807) is 23.5 Å². The monoisotopic (exact) mass is 406 g/mol. The van der Waals surface area contributed by atoms with Crippen LogP contribution in [0.2, 0.25) is 5.02 Å². The van der Waals surface area contributed by atoms with E-state index in [-0.39, 0.29) is 11.9 Å². The van der Waals surface area contributed by atoms with E-state index >= 15 is 0 Å². The first-order chi connectivity index (χ1) is 12.7. The summed E-state index contributed by atoms with van der Waals surface area (Å²) in [5, 5.41) is 12.5. The third-order valence-electron chi connectivity index (χ3n) is 3.95. The Balaban J connectivity index is 1.42. The molecule has 1 aliphatic rings. The second-order valence-electron chi connectivity index (χ2n) is 5.81. The lowest BCUT2D eigenvalue weighted by Gasteiger charge is -2.22. The molecule has 6 nitrogen and oxygen atoms in total. The van der Waals surface area contributed by atoms with Gasteiger partial charge in [0.15, 0.2) is 10.0 Å². The van der Waals surface area contributed by atoms with Gasteiger partial charge in [0.25, 0.3) is 5.91 Å². The Kier molecular flexibility index (Phi) is 5.35. The van der Waals surface area contributed by atoms with Crippen LogP contribution in [0.5, 0.6) is 0 Å². The lowest BCUT2D eigenvalue weighted by atomic mass is 10.1. The van der Waals surface area contributed by atoms with Gasteiger partial charge in [0.1, 0.15) is 5.03 Å². The van der Waals surface area contributed by atoms with Gasteiger partial charge in [-0.2, -0.15) is 0 Å². The molecule has 0 atom stereocenters. The Morgan fingerprint density at radius 3 is 2.85 bits per heavy atom. The molecule has 1 N–H and O–H groups in total. The summed E-state index contributed by atoms with van der Waals surface area (Å²) >= 11 is 8.98. The van der Waals surface area contributed by atoms with Crippen LogP contribution in [0.1, 0.15) is 23.3 Å². The molecule has 0 bridgehead atoms. The lowest BCUT2D eigenvalue weighted by Crippen LogP contribution is -2.39. The molecule has 1 fully saturated rings. The normalized spacial score (nSPS) is 15.3. The number of hydrogen-bond donors (Lipinski definition) is 1. The summed E-state index contributed by atoms with van der Waals surface area (Å²) < 4.78 is 7.22. The molecule has 1 saturated heterocycles. The molecule has 3 aromatic rings. The van der Waals surface area contributed by atoms with Crippen LogP contribution in [0, 0.1) is 0 Å². The van der Waals surface area contributed by atoms with Gasteiger partial charge in [-0.15, -0.1) is 21.5 Å². The molecule has 0 aliphatic carbocycles. The fraction of sp³-hybridized carbons (Fsp3) is 0.294. The summed E-state index contributed by atoms with van der Waals surface area (Å²) in [5.74, 6) is -0.199. The van der Waals surface area contributed by atoms with Crippen LogP contribution >= 0.6 is 34.7 Å². The highest BCUT2D eigenvalue weighted by atomic mass is 35.5. The maximum atomic E-state index is 12.2. The summed E-state index contributed by atoms with van der Waals surface area (Å²) in [7, 11) is 0. The molecule has 26 heavy (non-hydrogen) atoms. The van der Waals surface area contributed by atoms with Crippen LogP contribution in [-0.4, -0.2) is 40.3 Å². The van der Waals surface area contributed by atoms with Crippen molar-refractivity contribution >= 4 is 50.8 Å². The third kappa shape index (κ3) is 4.15. The number of thiazole rings is 1. The van der Waals surface area contributed by atoms with E-state index in [0.29, 0.717) is 29.0 Å². The van der Waals surface area contributed by atoms with E-state index in [2.05, 4.69) is 20.5 Å². The van der Waals surface area contributed by atoms with Gasteiger partial charge in [-0.05, 0) is 54.9 Å². The van der Waals surface area contributed by atoms with E-state index in [4.69, 9.17) is 16.3 Å². The molecule has 0 radical (unpaired) electrons. The van der Waals surface area contributed by atoms with Crippen molar-refractivity contribution in [1.29, 1.82) is 0 Å². The molecular weight excluding hydrogens is 392 g/mol. The molecule has 2 aromatic heterocycles. The molecule has 0 unspecified atom stereocenters. The summed E-state index contributed by atoms with van der Waals surface area (Å²) in [6, 6.07) is 9.26. The van der Waals surface area contributed by atoms with Crippen molar-refractivity contribution < 1.29 is 9.53 Å². The maximum Gasteiger partial charge on any atom is 0.272 e. The van der Waals surface area contributed by atoms with Crippen molar-refractivity contribution in [2.75, 3.05) is 13.2 Å². The zero-order valence-electron chi connectivity index (χ0n) is 13.6. The van der Waals surface area contributed by atoms with Crippen molar-refractivity contribution in [3.63, 3.8) is 0 Å². The van der Waals surface area contributed by atoms with E-state index in [1.807, 2.05) is 18.2 Å². The molecule has 3 heterocycles. The minimum atomic E-state index is -0.199. The number of benzene rings is 1. The number of hydrogen-bond acceptors (Lipinski definition) is 7. The number of amides is 1. The Morgan fingerprint density at radius 2 is 2.08 bits per heavy atom. The second kappa shape index (κ2) is 7.87. The van der Waals surface area contributed by atoms with Gasteiger partial charge in [-0.3, -0.25) is 4.79 Å². The zero-order valence-corrected chi connectivity index (χ0v) is 16.0. The predicted octanol–water partition coefficient (Wildman–Crippen LogP) is 3.80. The number of halogens is 1. The predicted molar refractivity (Wildman–Crippen MR) is 102 cm³/mol. The van der Waals surface area contributed by atoms with Crippen molar-refractivity contribution in [3.8, 4) is 0 Å². The Morgan fingerprint density at radius 1 is 1.23 bits per heavy atom. The average molecular weight is 407 g/mol. The zero-order chi connectivity index (χ0) is 17.9. The average Bonchev–Trinajstić information content (AvgIpc) is 3.04. The number of fused-ring (bicyclic) bond motifs is 1. The van der Waals surface area contributed by atoms with E-state index in [1.165, 1.54) is 11.8 Å². The number of ether oxygens (including phenoxy) is 1. The van der Waals surface area contributed by atoms with Gasteiger partial charge in [0.05, 0.1) is 10.2 Å². The van der Waals surface area contributed by atoms with Crippen LogP contribution < -0.4 is 5.32 Å². The van der Waals surface area contributed by atoms with E-state index < -0.39 is 0 Å². The summed E-state index contributed by atoms with van der Waals surface area (Å²) in [6.45, 7) is 1.36. The third-order valence-corrected chi connectivity index (χ3v) is 6.21. The standard InChI is InChI=1S/C17H15ClN4O2S2/c18-10-1-3-14-13(9-10)20-17(25-14)26-15-4-2-12(21-22-15)16(23)19-11-5-7-24-8-6-11/h1-4,9,11H,5-8H2,(H,19,23). The number of nitrogens with one attached hydrogen (secondary N) is 1. The van der Waals surface area contributed by atoms with Gasteiger partial charge in [0, 0.05) is 24.3 Å². The van der Waals surface area contributed by atoms with Gasteiger partial charge in [0.2, 0.25) is 0 Å². The van der Waals surface area contributed by atoms with Crippen LogP contribution in [-0.2, 0) is 4.74 Å². The first kappa shape index (κ1) is 17.7. The highest BCUT2D eigenvalue weighted by molar-refractivity contribution is 8.01. The first-order valence-corrected chi connectivity index (χ1v) is 10.1. The quantitative estimate of drug-likeness (QED) is 0.710. The van der Waals surface area contributed by atoms with Crippen LogP contribution in [0.15, 0.2) is 39.7 Å². The van der Waals surface area contributed by atoms with Crippen molar-refractivity contribution in [3.05, 3.63) is 41.0 Å². The fourth-order valence-corrected chi connectivity index (χ4v) is 4.69. The number of carbonyl (C=O) groups is 1. The lowest BCUT2D eigenvalue weighted by molar-refractivity contribution is 0.0693. The summed E-state index contributed by atoms with van der Waals surface area (Å²) in [6.07, 6.45) is 1.66. The Hall–Kier alpha value is -1.74. The molecule has 1 aromatic carbocycles. The summed E-state index contributed by atoms with van der Waals surface area (Å²) in [5.41, 5.74) is 1.18. The molecule has 0 saturated carbocycles. The Bertz CT molecular complexity index is 926. The molecule has 134 valence electrons. The van der Waals surface area contributed by atoms with Gasteiger partial charge in [-0.25, -0.2) is 4.98 Å². The minimum absolute atomic E-state index is 0.140. The van der Waals surface area contributed by atoms with Crippen LogP contribution in [0.25, 0.3) is 10.2 Å². The van der Waals surface area contributed by atoms with Crippen molar-refractivity contribution in [1.82, 2.24) is 20.5 Å². The van der Waals surface area contributed by atoms with Gasteiger partial charge in [-0.1, -0.05) is 11.6 Å². The highest BCUT2D eigenvalue weighted by Gasteiger charge is 2.18. The van der Waals surface area contributed by atoms with Crippen LogP contribution in [0.4, 0.5) is 0 Å². The summed E-state index contributed by atoms with van der Waals surface area (Å²) in [4.78, 5) is 16.8. The second-order valence-corrected chi connectivity index (χ2v) is 8.55. The number of nitrogens with zero attached hydrogens (tertiary/aromatic N) is 3. The molecule has 1 amide bonds. The molecule has 4 rings (SSSR count). The molecule has 9 heteroatoms. The SMILES string of the molecule is O=C(NC1CCOCC1)c1ccc(Sc2nc3cc(Cl)ccc3s2)nn1. The van der Waals surface area contributed by atoms with E-state index in [9.17, 15) is 4.79 Å². The molecule has 1 aliphatic heterocycles. The minimum Gasteiger partial charge on any atom is -0.381 e. The Labute approximate surface area is 163 Å². The van der Waals surface area contributed by atoms with Gasteiger partial charge >= 0.3 is 0 Å².